The third kappa shape index (κ3) is 3.20. The number of hydrogen-bond acceptors (Lipinski definition) is 3. The van der Waals surface area contributed by atoms with Crippen LogP contribution in [0.4, 0.5) is 0 Å². The monoisotopic (exact) mass is 491 g/mol. The van der Waals surface area contributed by atoms with Crippen LogP contribution >= 0.6 is 0 Å². The Labute approximate surface area is 219 Å². The molecule has 7 unspecified atom stereocenters. The van der Waals surface area contributed by atoms with E-state index in [2.05, 4.69) is 51.7 Å². The van der Waals surface area contributed by atoms with Crippen LogP contribution < -0.4 is 0 Å². The summed E-state index contributed by atoms with van der Waals surface area (Å²) >= 11 is 0. The fraction of sp³-hybridized carbons (Fsp3) is 0.758. The molecule has 1 aliphatic heterocycles. The first kappa shape index (κ1) is 24.8. The first-order chi connectivity index (χ1) is 16.9. The van der Waals surface area contributed by atoms with Crippen LogP contribution in [-0.2, 0) is 5.41 Å². The molecule has 3 nitrogen and oxygen atoms in total. The van der Waals surface area contributed by atoms with Gasteiger partial charge in [0.15, 0.2) is 11.5 Å². The minimum absolute atomic E-state index is 0.00442. The van der Waals surface area contributed by atoms with Crippen LogP contribution in [0.15, 0.2) is 12.1 Å². The van der Waals surface area contributed by atoms with E-state index in [1.807, 2.05) is 13.0 Å². The smallest absolute Gasteiger partial charge is 0.161 e. The van der Waals surface area contributed by atoms with Gasteiger partial charge in [-0.05, 0) is 128 Å². The van der Waals surface area contributed by atoms with Crippen molar-refractivity contribution in [3.8, 4) is 11.5 Å². The lowest BCUT2D eigenvalue weighted by molar-refractivity contribution is -0.200. The highest BCUT2D eigenvalue weighted by atomic mass is 16.3. The zero-order chi connectivity index (χ0) is 25.7. The molecule has 0 spiro atoms. The molecular weight excluding hydrogens is 442 g/mol. The second-order valence-corrected chi connectivity index (χ2v) is 15.1. The summed E-state index contributed by atoms with van der Waals surface area (Å²) in [5.41, 5.74) is 4.64. The third-order valence-corrected chi connectivity index (χ3v) is 13.1. The molecule has 3 heteroatoms. The van der Waals surface area contributed by atoms with Gasteiger partial charge in [0.25, 0.3) is 0 Å². The summed E-state index contributed by atoms with van der Waals surface area (Å²) in [5.74, 6) is 1.30. The summed E-state index contributed by atoms with van der Waals surface area (Å²) in [6, 6.07) is 1.89. The van der Waals surface area contributed by atoms with Crippen LogP contribution in [0.3, 0.4) is 0 Å². The van der Waals surface area contributed by atoms with Crippen LogP contribution in [0.25, 0.3) is 6.08 Å². The lowest BCUT2D eigenvalue weighted by atomic mass is 9.33. The van der Waals surface area contributed by atoms with Crippen LogP contribution in [0.1, 0.15) is 109 Å². The molecule has 198 valence electrons. The zero-order valence-corrected chi connectivity index (χ0v) is 23.7. The molecule has 0 amide bonds. The SMILES string of the molecule is Cc1c(O)c(O)cc2c1C=CC1C2(C)CCC2(C)C3CC(C)(CN4CCCC4)CCC3(C)CCC12C. The Morgan fingerprint density at radius 2 is 1.56 bits per heavy atom. The van der Waals surface area contributed by atoms with Crippen LogP contribution in [0.2, 0.25) is 0 Å². The molecule has 2 N–H and O–H groups in total. The second kappa shape index (κ2) is 7.78. The van der Waals surface area contributed by atoms with Crippen molar-refractivity contribution < 1.29 is 10.2 Å². The van der Waals surface area contributed by atoms with Gasteiger partial charge in [-0.15, -0.1) is 0 Å². The summed E-state index contributed by atoms with van der Waals surface area (Å²) in [6.45, 7) is 18.9. The first-order valence-corrected chi connectivity index (χ1v) is 14.8. The average Bonchev–Trinajstić information content (AvgIpc) is 3.34. The molecular formula is C33H49NO2. The maximum absolute atomic E-state index is 10.6. The molecule has 1 aromatic rings. The lowest BCUT2D eigenvalue weighted by Gasteiger charge is -2.71. The van der Waals surface area contributed by atoms with Crippen molar-refractivity contribution in [3.05, 3.63) is 28.8 Å². The van der Waals surface area contributed by atoms with E-state index in [1.165, 1.54) is 76.6 Å². The lowest BCUT2D eigenvalue weighted by Crippen LogP contribution is -2.65. The number of phenols is 2. The van der Waals surface area contributed by atoms with Gasteiger partial charge in [0.1, 0.15) is 0 Å². The molecule has 6 rings (SSSR count). The van der Waals surface area contributed by atoms with Gasteiger partial charge in [0, 0.05) is 17.5 Å². The van der Waals surface area contributed by atoms with E-state index in [4.69, 9.17) is 0 Å². The third-order valence-electron chi connectivity index (χ3n) is 13.1. The minimum atomic E-state index is -0.00442. The molecule has 4 fully saturated rings. The van der Waals surface area contributed by atoms with Crippen molar-refractivity contribution in [2.24, 2.45) is 33.5 Å². The molecule has 3 saturated carbocycles. The van der Waals surface area contributed by atoms with Crippen molar-refractivity contribution in [2.45, 2.75) is 105 Å². The fourth-order valence-electron chi connectivity index (χ4n) is 10.5. The van der Waals surface area contributed by atoms with Crippen molar-refractivity contribution >= 4 is 6.08 Å². The number of hydrogen-bond donors (Lipinski definition) is 2. The van der Waals surface area contributed by atoms with Gasteiger partial charge < -0.3 is 15.1 Å². The largest absolute Gasteiger partial charge is 0.504 e. The van der Waals surface area contributed by atoms with Gasteiger partial charge in [0.05, 0.1) is 0 Å². The van der Waals surface area contributed by atoms with Crippen LogP contribution in [0, 0.1) is 40.4 Å². The Morgan fingerprint density at radius 3 is 2.28 bits per heavy atom. The van der Waals surface area contributed by atoms with E-state index in [9.17, 15) is 10.2 Å². The fourth-order valence-corrected chi connectivity index (χ4v) is 10.5. The van der Waals surface area contributed by atoms with Crippen molar-refractivity contribution in [2.75, 3.05) is 19.6 Å². The van der Waals surface area contributed by atoms with Gasteiger partial charge in [-0.25, -0.2) is 0 Å². The maximum atomic E-state index is 10.6. The maximum Gasteiger partial charge on any atom is 0.161 e. The predicted octanol–water partition coefficient (Wildman–Crippen LogP) is 7.82. The van der Waals surface area contributed by atoms with Gasteiger partial charge in [-0.1, -0.05) is 46.8 Å². The minimum Gasteiger partial charge on any atom is -0.504 e. The van der Waals surface area contributed by atoms with Gasteiger partial charge in [0.2, 0.25) is 0 Å². The number of likely N-dealkylation sites (tertiary alicyclic amines) is 1. The molecule has 1 aromatic carbocycles. The van der Waals surface area contributed by atoms with Crippen LogP contribution in [-0.4, -0.2) is 34.7 Å². The summed E-state index contributed by atoms with van der Waals surface area (Å²) in [4.78, 5) is 2.76. The molecule has 0 bridgehead atoms. The second-order valence-electron chi connectivity index (χ2n) is 15.1. The molecule has 5 aliphatic rings. The van der Waals surface area contributed by atoms with Crippen molar-refractivity contribution in [3.63, 3.8) is 0 Å². The Bertz CT molecular complexity index is 1100. The van der Waals surface area contributed by atoms with E-state index in [1.54, 1.807) is 0 Å². The predicted molar refractivity (Wildman–Crippen MR) is 148 cm³/mol. The highest BCUT2D eigenvalue weighted by Gasteiger charge is 2.67. The Hall–Kier alpha value is -1.48. The Balaban J connectivity index is 1.38. The normalized spacial score (nSPS) is 46.1. The van der Waals surface area contributed by atoms with E-state index in [-0.39, 0.29) is 22.3 Å². The molecule has 0 aromatic heterocycles. The van der Waals surface area contributed by atoms with Crippen molar-refractivity contribution in [1.82, 2.24) is 4.90 Å². The molecule has 1 heterocycles. The molecule has 1 saturated heterocycles. The van der Waals surface area contributed by atoms with Crippen LogP contribution in [0.5, 0.6) is 11.5 Å². The number of fused-ring (bicyclic) bond motifs is 7. The number of aromatic hydroxyl groups is 2. The van der Waals surface area contributed by atoms with E-state index < -0.39 is 0 Å². The average molecular weight is 492 g/mol. The van der Waals surface area contributed by atoms with Crippen molar-refractivity contribution in [1.29, 1.82) is 0 Å². The van der Waals surface area contributed by atoms with Gasteiger partial charge in [-0.2, -0.15) is 0 Å². The molecule has 0 radical (unpaired) electrons. The zero-order valence-electron chi connectivity index (χ0n) is 23.7. The van der Waals surface area contributed by atoms with E-state index in [0.717, 1.165) is 23.5 Å². The number of rotatable bonds is 2. The van der Waals surface area contributed by atoms with E-state index >= 15 is 0 Å². The standard InChI is InChI=1S/C33H49NO2/c1-22-23-9-10-26-31(4,24(23)19-25(35)28(22)36)14-16-33(6)27-20-29(2,21-34-17-7-8-18-34)11-12-30(27,3)13-15-32(26,33)5/h9-10,19,26-27,35-36H,7-8,11-18,20-21H2,1-6H3. The Morgan fingerprint density at radius 1 is 0.889 bits per heavy atom. The summed E-state index contributed by atoms with van der Waals surface area (Å²) in [6.07, 6.45) is 16.8. The Kier molecular flexibility index (Phi) is 5.36. The van der Waals surface area contributed by atoms with Gasteiger partial charge >= 0.3 is 0 Å². The number of benzene rings is 1. The quantitative estimate of drug-likeness (QED) is 0.415. The van der Waals surface area contributed by atoms with E-state index in [0.29, 0.717) is 22.2 Å². The summed E-state index contributed by atoms with van der Waals surface area (Å²) in [5, 5.41) is 21.0. The highest BCUT2D eigenvalue weighted by Crippen LogP contribution is 2.75. The highest BCUT2D eigenvalue weighted by molar-refractivity contribution is 5.69. The summed E-state index contributed by atoms with van der Waals surface area (Å²) < 4.78 is 0. The number of allylic oxidation sites excluding steroid dienone is 1. The first-order valence-electron chi connectivity index (χ1n) is 14.8. The number of nitrogens with zero attached hydrogens (tertiary/aromatic N) is 1. The summed E-state index contributed by atoms with van der Waals surface area (Å²) in [7, 11) is 0. The van der Waals surface area contributed by atoms with Gasteiger partial charge in [-0.3, -0.25) is 0 Å². The molecule has 4 aliphatic carbocycles. The number of phenolic OH excluding ortho intramolecular Hbond substituents is 2. The molecule has 7 atom stereocenters. The molecule has 36 heavy (non-hydrogen) atoms. The topological polar surface area (TPSA) is 43.7 Å².